The van der Waals surface area contributed by atoms with Gasteiger partial charge >= 0.3 is 0 Å². The van der Waals surface area contributed by atoms with Gasteiger partial charge in [-0.15, -0.1) is 0 Å². The summed E-state index contributed by atoms with van der Waals surface area (Å²) in [6.07, 6.45) is -0.620. The summed E-state index contributed by atoms with van der Waals surface area (Å²) in [5.74, 6) is -1.14. The minimum absolute atomic E-state index is 0.216. The zero-order valence-corrected chi connectivity index (χ0v) is 13.5. The number of carbonyl (C=O) groups excluding carboxylic acids is 2. The van der Waals surface area contributed by atoms with Crippen LogP contribution in [0.25, 0.3) is 0 Å². The van der Waals surface area contributed by atoms with Crippen LogP contribution in [0.5, 0.6) is 0 Å². The molecule has 2 amide bonds. The van der Waals surface area contributed by atoms with Gasteiger partial charge in [0.25, 0.3) is 5.91 Å². The van der Waals surface area contributed by atoms with Gasteiger partial charge in [-0.3, -0.25) is 9.59 Å². The third-order valence-electron chi connectivity index (χ3n) is 3.48. The molecule has 0 aromatic heterocycles. The normalized spacial score (nSPS) is 17.6. The van der Waals surface area contributed by atoms with Crippen molar-refractivity contribution in [2.45, 2.75) is 25.5 Å². The first-order valence-electron chi connectivity index (χ1n) is 7.57. The van der Waals surface area contributed by atoms with Gasteiger partial charge in [0.2, 0.25) is 12.0 Å². The Labute approximate surface area is 139 Å². The molecule has 2 rings (SSSR count). The van der Waals surface area contributed by atoms with E-state index in [9.17, 15) is 14.0 Å². The van der Waals surface area contributed by atoms with E-state index in [1.807, 2.05) is 0 Å². The summed E-state index contributed by atoms with van der Waals surface area (Å²) >= 11 is 0. The van der Waals surface area contributed by atoms with Crippen molar-refractivity contribution < 1.29 is 23.6 Å². The first-order chi connectivity index (χ1) is 11.5. The molecule has 2 atom stereocenters. The van der Waals surface area contributed by atoms with E-state index in [1.54, 1.807) is 19.1 Å². The molecule has 1 aliphatic heterocycles. The lowest BCUT2D eigenvalue weighted by atomic mass is 10.0. The Kier molecular flexibility index (Phi) is 6.25. The molecule has 0 radical (unpaired) electrons. The standard InChI is InChI=1S/C16H20FN3O4/c1-10(15(21)18-6-7-23-2)19-16(22)14-9-13(20-24-14)11-4-3-5-12(17)8-11/h3-5,8,10,14H,6-7,9H2,1-2H3,(H,18,21)(H,19,22). The minimum Gasteiger partial charge on any atom is -0.383 e. The second-order valence-electron chi connectivity index (χ2n) is 5.36. The van der Waals surface area contributed by atoms with E-state index < -0.39 is 18.1 Å². The highest BCUT2D eigenvalue weighted by molar-refractivity contribution is 6.04. The second kappa shape index (κ2) is 8.39. The number of benzene rings is 1. The number of carbonyl (C=O) groups is 2. The number of nitrogens with one attached hydrogen (secondary N) is 2. The maximum absolute atomic E-state index is 13.2. The van der Waals surface area contributed by atoms with Crippen molar-refractivity contribution in [1.29, 1.82) is 0 Å². The largest absolute Gasteiger partial charge is 0.383 e. The number of halogens is 1. The van der Waals surface area contributed by atoms with Gasteiger partial charge in [-0.1, -0.05) is 17.3 Å². The number of rotatable bonds is 7. The lowest BCUT2D eigenvalue weighted by molar-refractivity contribution is -0.135. The average Bonchev–Trinajstić information content (AvgIpc) is 3.05. The molecule has 0 bridgehead atoms. The number of amides is 2. The molecule has 1 aromatic carbocycles. The number of hydrogen-bond acceptors (Lipinski definition) is 5. The predicted molar refractivity (Wildman–Crippen MR) is 84.9 cm³/mol. The Morgan fingerprint density at radius 3 is 3.00 bits per heavy atom. The molecule has 0 saturated heterocycles. The van der Waals surface area contributed by atoms with Crippen LogP contribution in [0.15, 0.2) is 29.4 Å². The molecule has 1 heterocycles. The lowest BCUT2D eigenvalue weighted by Gasteiger charge is -2.16. The summed E-state index contributed by atoms with van der Waals surface area (Å²) in [5, 5.41) is 9.03. The van der Waals surface area contributed by atoms with Crippen molar-refractivity contribution in [2.75, 3.05) is 20.3 Å². The third kappa shape index (κ3) is 4.76. The fourth-order valence-electron chi connectivity index (χ4n) is 2.16. The van der Waals surface area contributed by atoms with E-state index in [0.29, 0.717) is 24.4 Å². The Balaban J connectivity index is 1.83. The van der Waals surface area contributed by atoms with Gasteiger partial charge in [-0.2, -0.15) is 0 Å². The van der Waals surface area contributed by atoms with Crippen LogP contribution in [0.2, 0.25) is 0 Å². The quantitative estimate of drug-likeness (QED) is 0.713. The van der Waals surface area contributed by atoms with Gasteiger partial charge in [-0.25, -0.2) is 4.39 Å². The third-order valence-corrected chi connectivity index (χ3v) is 3.48. The number of nitrogens with zero attached hydrogens (tertiary/aromatic N) is 1. The predicted octanol–water partition coefficient (Wildman–Crippen LogP) is 0.586. The number of hydrogen-bond donors (Lipinski definition) is 2. The van der Waals surface area contributed by atoms with Crippen LogP contribution in [-0.2, 0) is 19.2 Å². The Bertz CT molecular complexity index is 636. The molecule has 130 valence electrons. The second-order valence-corrected chi connectivity index (χ2v) is 5.36. The Morgan fingerprint density at radius 2 is 2.29 bits per heavy atom. The molecular formula is C16H20FN3O4. The van der Waals surface area contributed by atoms with Crippen molar-refractivity contribution >= 4 is 17.5 Å². The highest BCUT2D eigenvalue weighted by Gasteiger charge is 2.30. The van der Waals surface area contributed by atoms with Gasteiger partial charge in [0.15, 0.2) is 0 Å². The van der Waals surface area contributed by atoms with Crippen LogP contribution < -0.4 is 10.6 Å². The molecular weight excluding hydrogens is 317 g/mol. The monoisotopic (exact) mass is 337 g/mol. The molecule has 2 unspecified atom stereocenters. The van der Waals surface area contributed by atoms with E-state index in [2.05, 4.69) is 15.8 Å². The van der Waals surface area contributed by atoms with Gasteiger partial charge in [0.05, 0.1) is 12.3 Å². The van der Waals surface area contributed by atoms with Gasteiger partial charge < -0.3 is 20.2 Å². The topological polar surface area (TPSA) is 89.0 Å². The van der Waals surface area contributed by atoms with Crippen molar-refractivity contribution in [3.63, 3.8) is 0 Å². The van der Waals surface area contributed by atoms with Crippen molar-refractivity contribution in [3.8, 4) is 0 Å². The van der Waals surface area contributed by atoms with E-state index >= 15 is 0 Å². The van der Waals surface area contributed by atoms with Gasteiger partial charge in [-0.05, 0) is 19.1 Å². The number of methoxy groups -OCH3 is 1. The van der Waals surface area contributed by atoms with Crippen LogP contribution in [0.1, 0.15) is 18.9 Å². The van der Waals surface area contributed by atoms with E-state index in [-0.39, 0.29) is 18.1 Å². The van der Waals surface area contributed by atoms with Crippen LogP contribution in [0.3, 0.4) is 0 Å². The Hall–Kier alpha value is -2.48. The molecule has 2 N–H and O–H groups in total. The van der Waals surface area contributed by atoms with Crippen molar-refractivity contribution in [3.05, 3.63) is 35.6 Å². The lowest BCUT2D eigenvalue weighted by Crippen LogP contribution is -2.48. The van der Waals surface area contributed by atoms with Gasteiger partial charge in [0, 0.05) is 25.6 Å². The van der Waals surface area contributed by atoms with E-state index in [1.165, 1.54) is 19.2 Å². The highest BCUT2D eigenvalue weighted by Crippen LogP contribution is 2.17. The maximum atomic E-state index is 13.2. The van der Waals surface area contributed by atoms with Crippen LogP contribution in [-0.4, -0.2) is 49.9 Å². The molecule has 1 aliphatic rings. The van der Waals surface area contributed by atoms with E-state index in [0.717, 1.165) is 0 Å². The molecule has 7 nitrogen and oxygen atoms in total. The fourth-order valence-corrected chi connectivity index (χ4v) is 2.16. The Morgan fingerprint density at radius 1 is 1.50 bits per heavy atom. The molecule has 0 aliphatic carbocycles. The summed E-state index contributed by atoms with van der Waals surface area (Å²) in [5.41, 5.74) is 1.06. The first-order valence-corrected chi connectivity index (χ1v) is 7.57. The molecule has 0 spiro atoms. The summed E-state index contributed by atoms with van der Waals surface area (Å²) in [6.45, 7) is 2.33. The molecule has 0 saturated carbocycles. The smallest absolute Gasteiger partial charge is 0.264 e. The zero-order valence-electron chi connectivity index (χ0n) is 13.5. The molecule has 0 fully saturated rings. The molecule has 24 heavy (non-hydrogen) atoms. The fraction of sp³-hybridized carbons (Fsp3) is 0.438. The van der Waals surface area contributed by atoms with Crippen LogP contribution >= 0.6 is 0 Å². The zero-order chi connectivity index (χ0) is 17.5. The summed E-state index contributed by atoms with van der Waals surface area (Å²) < 4.78 is 18.1. The first kappa shape index (κ1) is 17.9. The van der Waals surface area contributed by atoms with E-state index in [4.69, 9.17) is 9.57 Å². The molecule has 1 aromatic rings. The summed E-state index contributed by atoms with van der Waals surface area (Å²) in [4.78, 5) is 29.0. The average molecular weight is 337 g/mol. The van der Waals surface area contributed by atoms with Gasteiger partial charge in [0.1, 0.15) is 11.9 Å². The molecule has 8 heteroatoms. The SMILES string of the molecule is COCCNC(=O)C(C)NC(=O)C1CC(c2cccc(F)c2)=NO1. The maximum Gasteiger partial charge on any atom is 0.264 e. The highest BCUT2D eigenvalue weighted by atomic mass is 19.1. The van der Waals surface area contributed by atoms with Crippen molar-refractivity contribution in [2.24, 2.45) is 5.16 Å². The number of oxime groups is 1. The van der Waals surface area contributed by atoms with Crippen molar-refractivity contribution in [1.82, 2.24) is 10.6 Å². The minimum atomic E-state index is -0.836. The van der Waals surface area contributed by atoms with Crippen LogP contribution in [0, 0.1) is 5.82 Å². The summed E-state index contributed by atoms with van der Waals surface area (Å²) in [7, 11) is 1.53. The van der Waals surface area contributed by atoms with Crippen LogP contribution in [0.4, 0.5) is 4.39 Å². The summed E-state index contributed by atoms with van der Waals surface area (Å²) in [6, 6.07) is 5.20. The number of ether oxygens (including phenoxy) is 1.